The smallest absolute Gasteiger partial charge is 0.337 e. The van der Waals surface area contributed by atoms with Gasteiger partial charge in [-0.3, -0.25) is 9.88 Å². The molecule has 9 heteroatoms. The highest BCUT2D eigenvalue weighted by molar-refractivity contribution is 6.31. The molecule has 2 heterocycles. The maximum atomic E-state index is 13.6. The van der Waals surface area contributed by atoms with Crippen molar-refractivity contribution in [2.45, 2.75) is 13.5 Å². The molecule has 29 heavy (non-hydrogen) atoms. The number of likely N-dealkylation sites (N-methyl/N-ethyl adjacent to an activating group) is 1. The molecule has 0 radical (unpaired) electrons. The van der Waals surface area contributed by atoms with Crippen molar-refractivity contribution in [2.24, 2.45) is 0 Å². The highest BCUT2D eigenvalue weighted by atomic mass is 35.5. The van der Waals surface area contributed by atoms with Crippen molar-refractivity contribution >= 4 is 29.3 Å². The van der Waals surface area contributed by atoms with Crippen molar-refractivity contribution in [3.63, 3.8) is 0 Å². The molecule has 1 N–H and O–H groups in total. The molecule has 1 aromatic carbocycles. The second-order valence-electron chi connectivity index (χ2n) is 6.73. The number of carboxylic acid groups (broad SMARTS) is 1. The molecule has 2 aromatic rings. The number of urea groups is 1. The van der Waals surface area contributed by atoms with Crippen LogP contribution < -0.4 is 4.90 Å². The van der Waals surface area contributed by atoms with E-state index in [2.05, 4.69) is 16.8 Å². The Balaban J connectivity index is 1.86. The number of nitrogens with zero attached hydrogens (tertiary/aromatic N) is 4. The second kappa shape index (κ2) is 9.19. The van der Waals surface area contributed by atoms with Crippen LogP contribution in [-0.4, -0.2) is 64.6 Å². The monoisotopic (exact) mass is 420 g/mol. The van der Waals surface area contributed by atoms with Crippen molar-refractivity contribution in [3.8, 4) is 0 Å². The molecule has 0 atom stereocenters. The fourth-order valence-corrected chi connectivity index (χ4v) is 3.33. The molecule has 1 aliphatic heterocycles. The van der Waals surface area contributed by atoms with E-state index in [9.17, 15) is 14.0 Å². The SMILES string of the molecule is CCN1CCN(C(=O)N(Cc2ccc(C(=O)O)cn2)c2ccc(F)c(Cl)c2)CC1. The number of aromatic carboxylic acids is 1. The van der Waals surface area contributed by atoms with Gasteiger partial charge in [-0.1, -0.05) is 18.5 Å². The molecule has 0 unspecified atom stereocenters. The number of piperazine rings is 1. The third-order valence-corrected chi connectivity index (χ3v) is 5.22. The summed E-state index contributed by atoms with van der Waals surface area (Å²) < 4.78 is 13.6. The van der Waals surface area contributed by atoms with Crippen LogP contribution in [0.15, 0.2) is 36.5 Å². The molecule has 7 nitrogen and oxygen atoms in total. The van der Waals surface area contributed by atoms with E-state index in [1.165, 1.54) is 35.4 Å². The fourth-order valence-electron chi connectivity index (χ4n) is 3.15. The van der Waals surface area contributed by atoms with Gasteiger partial charge in [-0.25, -0.2) is 14.0 Å². The lowest BCUT2D eigenvalue weighted by Gasteiger charge is -2.37. The van der Waals surface area contributed by atoms with E-state index in [1.807, 2.05) is 0 Å². The van der Waals surface area contributed by atoms with Crippen LogP contribution in [-0.2, 0) is 6.54 Å². The van der Waals surface area contributed by atoms with E-state index < -0.39 is 11.8 Å². The number of amides is 2. The van der Waals surface area contributed by atoms with Crippen LogP contribution in [0.2, 0.25) is 5.02 Å². The fraction of sp³-hybridized carbons (Fsp3) is 0.350. The molecule has 0 aliphatic carbocycles. The lowest BCUT2D eigenvalue weighted by Crippen LogP contribution is -2.52. The topological polar surface area (TPSA) is 77.0 Å². The van der Waals surface area contributed by atoms with Crippen LogP contribution in [0.3, 0.4) is 0 Å². The maximum absolute atomic E-state index is 13.6. The lowest BCUT2D eigenvalue weighted by atomic mass is 10.2. The van der Waals surface area contributed by atoms with E-state index in [4.69, 9.17) is 16.7 Å². The Kier molecular flexibility index (Phi) is 6.66. The highest BCUT2D eigenvalue weighted by Gasteiger charge is 2.26. The first-order valence-corrected chi connectivity index (χ1v) is 9.69. The molecule has 154 valence electrons. The van der Waals surface area contributed by atoms with E-state index in [0.717, 1.165) is 19.6 Å². The average Bonchev–Trinajstić information content (AvgIpc) is 2.74. The molecule has 0 bridgehead atoms. The Bertz CT molecular complexity index is 886. The molecule has 3 rings (SSSR count). The van der Waals surface area contributed by atoms with Crippen LogP contribution in [0.4, 0.5) is 14.9 Å². The Morgan fingerprint density at radius 1 is 1.21 bits per heavy atom. The summed E-state index contributed by atoms with van der Waals surface area (Å²) in [6, 6.07) is 6.88. The average molecular weight is 421 g/mol. The van der Waals surface area contributed by atoms with Crippen LogP contribution in [0.1, 0.15) is 23.0 Å². The predicted octanol–water partition coefficient (Wildman–Crippen LogP) is 3.34. The Labute approximate surface area is 173 Å². The van der Waals surface area contributed by atoms with Gasteiger partial charge in [0.05, 0.1) is 22.8 Å². The van der Waals surface area contributed by atoms with Gasteiger partial charge in [0.15, 0.2) is 0 Å². The largest absolute Gasteiger partial charge is 0.478 e. The zero-order valence-electron chi connectivity index (χ0n) is 16.0. The third kappa shape index (κ3) is 5.02. The summed E-state index contributed by atoms with van der Waals surface area (Å²) in [7, 11) is 0. The van der Waals surface area contributed by atoms with Gasteiger partial charge in [-0.2, -0.15) is 0 Å². The third-order valence-electron chi connectivity index (χ3n) is 4.93. The summed E-state index contributed by atoms with van der Waals surface area (Å²) in [5.41, 5.74) is 1.02. The maximum Gasteiger partial charge on any atom is 0.337 e. The van der Waals surface area contributed by atoms with Gasteiger partial charge in [0.1, 0.15) is 5.82 Å². The number of rotatable bonds is 5. The van der Waals surface area contributed by atoms with E-state index in [-0.39, 0.29) is 23.2 Å². The first kappa shape index (κ1) is 21.0. The number of carbonyl (C=O) groups excluding carboxylic acids is 1. The minimum absolute atomic E-state index is 0.0622. The molecule has 1 fully saturated rings. The zero-order chi connectivity index (χ0) is 21.0. The molecule has 0 saturated carbocycles. The lowest BCUT2D eigenvalue weighted by molar-refractivity contribution is 0.0696. The van der Waals surface area contributed by atoms with Crippen molar-refractivity contribution in [1.29, 1.82) is 0 Å². The molecule has 1 saturated heterocycles. The number of carbonyl (C=O) groups is 2. The Morgan fingerprint density at radius 3 is 2.48 bits per heavy atom. The number of pyridine rings is 1. The van der Waals surface area contributed by atoms with E-state index >= 15 is 0 Å². The molecule has 2 amide bonds. The van der Waals surface area contributed by atoms with Crippen molar-refractivity contribution in [1.82, 2.24) is 14.8 Å². The molecule has 1 aliphatic rings. The van der Waals surface area contributed by atoms with Gasteiger partial charge in [0.2, 0.25) is 0 Å². The van der Waals surface area contributed by atoms with Crippen molar-refractivity contribution < 1.29 is 19.1 Å². The van der Waals surface area contributed by atoms with Crippen molar-refractivity contribution in [3.05, 3.63) is 58.6 Å². The van der Waals surface area contributed by atoms with Gasteiger partial charge in [-0.05, 0) is 36.9 Å². The number of benzene rings is 1. The summed E-state index contributed by atoms with van der Waals surface area (Å²) in [5.74, 6) is -1.64. The molecule has 0 spiro atoms. The van der Waals surface area contributed by atoms with Crippen LogP contribution in [0.5, 0.6) is 0 Å². The van der Waals surface area contributed by atoms with Gasteiger partial charge in [-0.15, -0.1) is 0 Å². The zero-order valence-corrected chi connectivity index (χ0v) is 16.8. The number of halogens is 2. The van der Waals surface area contributed by atoms with E-state index in [0.29, 0.717) is 24.5 Å². The van der Waals surface area contributed by atoms with Gasteiger partial charge in [0.25, 0.3) is 0 Å². The molecule has 1 aromatic heterocycles. The number of hydrogen-bond donors (Lipinski definition) is 1. The van der Waals surface area contributed by atoms with Gasteiger partial charge >= 0.3 is 12.0 Å². The summed E-state index contributed by atoms with van der Waals surface area (Å²) >= 11 is 5.93. The summed E-state index contributed by atoms with van der Waals surface area (Å²) in [5, 5.41) is 8.95. The van der Waals surface area contributed by atoms with Gasteiger partial charge in [0, 0.05) is 38.1 Å². The summed E-state index contributed by atoms with van der Waals surface area (Å²) in [4.78, 5) is 33.9. The Morgan fingerprint density at radius 2 is 1.93 bits per heavy atom. The number of anilines is 1. The predicted molar refractivity (Wildman–Crippen MR) is 108 cm³/mol. The number of aromatic nitrogens is 1. The first-order chi connectivity index (χ1) is 13.9. The number of carboxylic acids is 1. The van der Waals surface area contributed by atoms with E-state index in [1.54, 1.807) is 11.0 Å². The Hall–Kier alpha value is -2.71. The summed E-state index contributed by atoms with van der Waals surface area (Å²) in [6.45, 7) is 5.86. The van der Waals surface area contributed by atoms with Crippen LogP contribution in [0.25, 0.3) is 0 Å². The highest BCUT2D eigenvalue weighted by Crippen LogP contribution is 2.25. The standard InChI is InChI=1S/C20H22ClFN4O3/c1-2-24-7-9-25(10-8-24)20(29)26(16-5-6-18(22)17(21)11-16)13-15-4-3-14(12-23-15)19(27)28/h3-6,11-12H,2,7-10,13H2,1H3,(H,27,28). The quantitative estimate of drug-likeness (QED) is 0.802. The van der Waals surface area contributed by atoms with Crippen LogP contribution in [0, 0.1) is 5.82 Å². The van der Waals surface area contributed by atoms with Crippen LogP contribution >= 0.6 is 11.6 Å². The minimum Gasteiger partial charge on any atom is -0.478 e. The molecular weight excluding hydrogens is 399 g/mol. The minimum atomic E-state index is -1.07. The number of hydrogen-bond acceptors (Lipinski definition) is 4. The van der Waals surface area contributed by atoms with Crippen molar-refractivity contribution in [2.75, 3.05) is 37.6 Å². The normalized spacial score (nSPS) is 14.7. The second-order valence-corrected chi connectivity index (χ2v) is 7.14. The first-order valence-electron chi connectivity index (χ1n) is 9.31. The molecular formula is C20H22ClFN4O3. The van der Waals surface area contributed by atoms with Gasteiger partial charge < -0.3 is 14.9 Å². The summed E-state index contributed by atoms with van der Waals surface area (Å²) in [6.07, 6.45) is 1.25.